The Bertz CT molecular complexity index is 296. The number of rotatable bonds is 2. The summed E-state index contributed by atoms with van der Waals surface area (Å²) in [6.07, 6.45) is -5.08. The van der Waals surface area contributed by atoms with Crippen LogP contribution in [0.25, 0.3) is 0 Å². The third-order valence-corrected chi connectivity index (χ3v) is 1.53. The van der Waals surface area contributed by atoms with Crippen LogP contribution < -0.4 is 10.5 Å². The van der Waals surface area contributed by atoms with Gasteiger partial charge in [0.25, 0.3) is 0 Å². The number of nitrogens with zero attached hydrogens (tertiary/aromatic N) is 1. The molecule has 0 aromatic carbocycles. The number of pyridine rings is 1. The number of halogens is 3. The van der Waals surface area contributed by atoms with Crippen molar-refractivity contribution >= 4 is 5.82 Å². The van der Waals surface area contributed by atoms with Gasteiger partial charge in [-0.25, -0.2) is 4.98 Å². The molecule has 6 heteroatoms. The van der Waals surface area contributed by atoms with E-state index >= 15 is 0 Å². The van der Waals surface area contributed by atoms with E-state index in [4.69, 9.17) is 5.73 Å². The first-order chi connectivity index (χ1) is 6.39. The van der Waals surface area contributed by atoms with E-state index in [1.54, 1.807) is 0 Å². The second kappa shape index (κ2) is 3.73. The molecule has 1 heterocycles. The summed E-state index contributed by atoms with van der Waals surface area (Å²) in [5.41, 5.74) is 5.25. The van der Waals surface area contributed by atoms with Crippen molar-refractivity contribution in [2.45, 2.75) is 19.2 Å². The van der Waals surface area contributed by atoms with Crippen LogP contribution in [0.5, 0.6) is 5.75 Å². The van der Waals surface area contributed by atoms with Gasteiger partial charge in [0.05, 0.1) is 6.20 Å². The van der Waals surface area contributed by atoms with Crippen LogP contribution in [0, 0.1) is 0 Å². The lowest BCUT2D eigenvalue weighted by Gasteiger charge is -2.17. The second-order valence-corrected chi connectivity index (χ2v) is 2.72. The number of aromatic nitrogens is 1. The van der Waals surface area contributed by atoms with Gasteiger partial charge in [-0.15, -0.1) is 0 Å². The predicted octanol–water partition coefficient (Wildman–Crippen LogP) is 1.99. The average molecular weight is 206 g/mol. The maximum absolute atomic E-state index is 12.0. The first-order valence-electron chi connectivity index (χ1n) is 3.84. The van der Waals surface area contributed by atoms with Crippen molar-refractivity contribution in [3.8, 4) is 5.75 Å². The summed E-state index contributed by atoms with van der Waals surface area (Å²) in [6, 6.07) is 2.71. The molecule has 1 aromatic heterocycles. The van der Waals surface area contributed by atoms with Gasteiger partial charge in [-0.1, -0.05) is 0 Å². The fourth-order valence-electron chi connectivity index (χ4n) is 0.732. The summed E-state index contributed by atoms with van der Waals surface area (Å²) in [6.45, 7) is 0.927. The Morgan fingerprint density at radius 2 is 2.07 bits per heavy atom. The largest absolute Gasteiger partial charge is 0.480 e. The van der Waals surface area contributed by atoms with Gasteiger partial charge in [0.1, 0.15) is 11.6 Å². The number of nitrogen functional groups attached to an aromatic ring is 1. The van der Waals surface area contributed by atoms with Crippen molar-refractivity contribution in [1.29, 1.82) is 0 Å². The summed E-state index contributed by atoms with van der Waals surface area (Å²) < 4.78 is 40.7. The van der Waals surface area contributed by atoms with Gasteiger partial charge in [0, 0.05) is 0 Å². The molecular weight excluding hydrogens is 197 g/mol. The summed E-state index contributed by atoms with van der Waals surface area (Å²) in [5.74, 6) is 0.279. The third kappa shape index (κ3) is 2.79. The number of hydrogen-bond acceptors (Lipinski definition) is 3. The smallest absolute Gasteiger partial charge is 0.425 e. The highest BCUT2D eigenvalue weighted by Gasteiger charge is 2.38. The lowest BCUT2D eigenvalue weighted by molar-refractivity contribution is -0.189. The number of ether oxygens (including phenoxy) is 1. The van der Waals surface area contributed by atoms with Crippen LogP contribution in [0.2, 0.25) is 0 Å². The Kier molecular flexibility index (Phi) is 2.83. The molecule has 0 saturated carbocycles. The molecule has 0 aliphatic carbocycles. The predicted molar refractivity (Wildman–Crippen MR) is 44.8 cm³/mol. The molecule has 1 rings (SSSR count). The molecule has 0 aliphatic heterocycles. The minimum atomic E-state index is -4.37. The Morgan fingerprint density at radius 3 is 2.50 bits per heavy atom. The SMILES string of the molecule is CC(Oc1ccc(N)nc1)C(F)(F)F. The van der Waals surface area contributed by atoms with Crippen molar-refractivity contribution in [3.05, 3.63) is 18.3 Å². The van der Waals surface area contributed by atoms with Gasteiger partial charge in [-0.2, -0.15) is 13.2 Å². The highest BCUT2D eigenvalue weighted by molar-refractivity contribution is 5.32. The van der Waals surface area contributed by atoms with Gasteiger partial charge >= 0.3 is 6.18 Å². The Hall–Kier alpha value is -1.46. The van der Waals surface area contributed by atoms with E-state index < -0.39 is 12.3 Å². The number of nitrogens with two attached hydrogens (primary N) is 1. The number of alkyl halides is 3. The molecule has 1 unspecified atom stereocenters. The van der Waals surface area contributed by atoms with E-state index in [9.17, 15) is 13.2 Å². The maximum Gasteiger partial charge on any atom is 0.425 e. The van der Waals surface area contributed by atoms with Crippen LogP contribution in [0.1, 0.15) is 6.92 Å². The monoisotopic (exact) mass is 206 g/mol. The molecule has 0 amide bonds. The van der Waals surface area contributed by atoms with Crippen molar-refractivity contribution in [1.82, 2.24) is 4.98 Å². The molecule has 78 valence electrons. The van der Waals surface area contributed by atoms with E-state index in [1.165, 1.54) is 12.1 Å². The summed E-state index contributed by atoms with van der Waals surface area (Å²) in [5, 5.41) is 0. The minimum Gasteiger partial charge on any atom is -0.480 e. The van der Waals surface area contributed by atoms with Crippen molar-refractivity contribution in [2.24, 2.45) is 0 Å². The Labute approximate surface area is 78.7 Å². The lowest BCUT2D eigenvalue weighted by atomic mass is 10.4. The van der Waals surface area contributed by atoms with E-state index in [-0.39, 0.29) is 11.6 Å². The highest BCUT2D eigenvalue weighted by Crippen LogP contribution is 2.24. The molecule has 0 aliphatic rings. The summed E-state index contributed by atoms with van der Waals surface area (Å²) >= 11 is 0. The molecule has 14 heavy (non-hydrogen) atoms. The van der Waals surface area contributed by atoms with Crippen molar-refractivity contribution < 1.29 is 17.9 Å². The van der Waals surface area contributed by atoms with Crippen LogP contribution >= 0.6 is 0 Å². The quantitative estimate of drug-likeness (QED) is 0.804. The fourth-order valence-corrected chi connectivity index (χ4v) is 0.732. The van der Waals surface area contributed by atoms with E-state index in [1.807, 2.05) is 0 Å². The van der Waals surface area contributed by atoms with Crippen molar-refractivity contribution in [3.63, 3.8) is 0 Å². The molecule has 1 aromatic rings. The zero-order chi connectivity index (χ0) is 10.8. The molecular formula is C8H9F3N2O. The van der Waals surface area contributed by atoms with Crippen LogP contribution in [0.3, 0.4) is 0 Å². The van der Waals surface area contributed by atoms with E-state index in [0.29, 0.717) is 0 Å². The maximum atomic E-state index is 12.0. The normalized spacial score (nSPS) is 13.7. The van der Waals surface area contributed by atoms with E-state index in [0.717, 1.165) is 13.1 Å². The highest BCUT2D eigenvalue weighted by atomic mass is 19.4. The summed E-state index contributed by atoms with van der Waals surface area (Å²) in [4.78, 5) is 3.60. The first kappa shape index (κ1) is 10.6. The van der Waals surface area contributed by atoms with Crippen LogP contribution in [-0.4, -0.2) is 17.3 Å². The van der Waals surface area contributed by atoms with Gasteiger partial charge in [0.15, 0.2) is 6.10 Å². The Morgan fingerprint density at radius 1 is 1.43 bits per heavy atom. The second-order valence-electron chi connectivity index (χ2n) is 2.72. The van der Waals surface area contributed by atoms with Gasteiger partial charge in [-0.3, -0.25) is 0 Å². The molecule has 0 radical (unpaired) electrons. The number of hydrogen-bond donors (Lipinski definition) is 1. The standard InChI is InChI=1S/C8H9F3N2O/c1-5(8(9,10)11)14-6-2-3-7(12)13-4-6/h2-5H,1H3,(H2,12,13). The van der Waals surface area contributed by atoms with E-state index in [2.05, 4.69) is 9.72 Å². The average Bonchev–Trinajstić information content (AvgIpc) is 2.07. The minimum absolute atomic E-state index is 0.0454. The molecule has 0 spiro atoms. The zero-order valence-electron chi connectivity index (χ0n) is 7.38. The molecule has 1 atom stereocenters. The molecule has 0 fully saturated rings. The topological polar surface area (TPSA) is 48.1 Å². The van der Waals surface area contributed by atoms with Crippen LogP contribution in [-0.2, 0) is 0 Å². The number of anilines is 1. The summed E-state index contributed by atoms with van der Waals surface area (Å²) in [7, 11) is 0. The Balaban J connectivity index is 2.65. The van der Waals surface area contributed by atoms with Crippen LogP contribution in [0.15, 0.2) is 18.3 Å². The fraction of sp³-hybridized carbons (Fsp3) is 0.375. The first-order valence-corrected chi connectivity index (χ1v) is 3.84. The lowest BCUT2D eigenvalue weighted by Crippen LogP contribution is -2.31. The van der Waals surface area contributed by atoms with Crippen LogP contribution in [0.4, 0.5) is 19.0 Å². The van der Waals surface area contributed by atoms with Crippen molar-refractivity contribution in [2.75, 3.05) is 5.73 Å². The zero-order valence-corrected chi connectivity index (χ0v) is 7.38. The molecule has 0 bridgehead atoms. The third-order valence-electron chi connectivity index (χ3n) is 1.53. The molecule has 0 saturated heterocycles. The van der Waals surface area contributed by atoms with Gasteiger partial charge in [-0.05, 0) is 19.1 Å². The molecule has 2 N–H and O–H groups in total. The van der Waals surface area contributed by atoms with Gasteiger partial charge in [0.2, 0.25) is 0 Å². The molecule has 3 nitrogen and oxygen atoms in total. The van der Waals surface area contributed by atoms with Gasteiger partial charge < -0.3 is 10.5 Å².